The van der Waals surface area contributed by atoms with Crippen molar-refractivity contribution in [2.45, 2.75) is 25.5 Å². The molecule has 0 aromatic carbocycles. The Labute approximate surface area is 118 Å². The van der Waals surface area contributed by atoms with E-state index in [1.807, 2.05) is 0 Å². The summed E-state index contributed by atoms with van der Waals surface area (Å²) in [4.78, 5) is 25.5. The second-order valence-corrected chi connectivity index (χ2v) is 4.87. The van der Waals surface area contributed by atoms with Crippen LogP contribution in [-0.4, -0.2) is 41.2 Å². The first-order chi connectivity index (χ1) is 9.70. The molecule has 1 saturated heterocycles. The summed E-state index contributed by atoms with van der Waals surface area (Å²) < 4.78 is 7.02. The van der Waals surface area contributed by atoms with Crippen LogP contribution < -0.4 is 5.56 Å². The van der Waals surface area contributed by atoms with E-state index < -0.39 is 0 Å². The topological polar surface area (TPSA) is 51.5 Å². The number of piperidine rings is 1. The zero-order valence-corrected chi connectivity index (χ0v) is 11.5. The van der Waals surface area contributed by atoms with Gasteiger partial charge in [-0.1, -0.05) is 12.1 Å². The van der Waals surface area contributed by atoms with Gasteiger partial charge in [-0.05, 0) is 18.9 Å². The van der Waals surface area contributed by atoms with Crippen molar-refractivity contribution < 1.29 is 9.53 Å². The summed E-state index contributed by atoms with van der Waals surface area (Å²) in [6.07, 6.45) is 5.25. The summed E-state index contributed by atoms with van der Waals surface area (Å²) in [6, 6.07) is 4.89. The van der Waals surface area contributed by atoms with Crippen LogP contribution in [0.2, 0.25) is 0 Å². The zero-order chi connectivity index (χ0) is 14.4. The minimum atomic E-state index is -0.148. The van der Waals surface area contributed by atoms with Gasteiger partial charge in [0.2, 0.25) is 5.91 Å². The predicted octanol–water partition coefficient (Wildman–Crippen LogP) is 1.04. The van der Waals surface area contributed by atoms with Gasteiger partial charge < -0.3 is 14.2 Å². The van der Waals surface area contributed by atoms with Gasteiger partial charge in [-0.3, -0.25) is 9.59 Å². The van der Waals surface area contributed by atoms with Gasteiger partial charge in [0, 0.05) is 25.4 Å². The Morgan fingerprint density at radius 1 is 1.40 bits per heavy atom. The molecule has 108 valence electrons. The maximum Gasteiger partial charge on any atom is 0.250 e. The highest BCUT2D eigenvalue weighted by Gasteiger charge is 2.23. The molecule has 2 rings (SSSR count). The normalized spacial score (nSPS) is 16.1. The van der Waals surface area contributed by atoms with Crippen LogP contribution in [0, 0.1) is 0 Å². The number of carbonyl (C=O) groups excluding carboxylic acids is 1. The molecule has 5 heteroatoms. The van der Waals surface area contributed by atoms with Crippen LogP contribution in [0.3, 0.4) is 0 Å². The highest BCUT2D eigenvalue weighted by atomic mass is 16.5. The van der Waals surface area contributed by atoms with E-state index >= 15 is 0 Å². The van der Waals surface area contributed by atoms with Crippen molar-refractivity contribution >= 4 is 5.91 Å². The zero-order valence-electron chi connectivity index (χ0n) is 11.5. The van der Waals surface area contributed by atoms with Crippen molar-refractivity contribution in [3.05, 3.63) is 47.4 Å². The maximum absolute atomic E-state index is 12.1. The lowest BCUT2D eigenvalue weighted by Gasteiger charge is -2.31. The maximum atomic E-state index is 12.1. The molecule has 0 spiro atoms. The number of hydrogen-bond acceptors (Lipinski definition) is 3. The van der Waals surface area contributed by atoms with Crippen molar-refractivity contribution in [1.29, 1.82) is 0 Å². The number of aromatic nitrogens is 1. The van der Waals surface area contributed by atoms with Crippen LogP contribution in [0.5, 0.6) is 0 Å². The number of ether oxygens (including phenoxy) is 1. The second kappa shape index (κ2) is 7.05. The van der Waals surface area contributed by atoms with Crippen LogP contribution in [-0.2, 0) is 16.1 Å². The molecule has 0 unspecified atom stereocenters. The molecular formula is C15H20N2O3. The number of hydrogen-bond donors (Lipinski definition) is 0. The summed E-state index contributed by atoms with van der Waals surface area (Å²) in [5.41, 5.74) is -0.148. The first-order valence-electron chi connectivity index (χ1n) is 6.86. The van der Waals surface area contributed by atoms with Crippen LogP contribution in [0.4, 0.5) is 0 Å². The molecule has 0 atom stereocenters. The molecule has 0 aliphatic carbocycles. The monoisotopic (exact) mass is 276 g/mol. The molecule has 0 saturated carbocycles. The van der Waals surface area contributed by atoms with Gasteiger partial charge in [0.15, 0.2) is 0 Å². The van der Waals surface area contributed by atoms with Crippen molar-refractivity contribution in [3.63, 3.8) is 0 Å². The summed E-state index contributed by atoms with van der Waals surface area (Å²) >= 11 is 0. The van der Waals surface area contributed by atoms with Gasteiger partial charge in [-0.2, -0.15) is 0 Å². The van der Waals surface area contributed by atoms with Crippen molar-refractivity contribution in [3.8, 4) is 0 Å². The van der Waals surface area contributed by atoms with Gasteiger partial charge in [0.05, 0.1) is 12.7 Å². The van der Waals surface area contributed by atoms with E-state index in [0.29, 0.717) is 19.7 Å². The van der Waals surface area contributed by atoms with Gasteiger partial charge in [-0.15, -0.1) is 6.58 Å². The summed E-state index contributed by atoms with van der Waals surface area (Å²) in [5, 5.41) is 0. The van der Waals surface area contributed by atoms with Gasteiger partial charge in [0.1, 0.15) is 6.54 Å². The summed E-state index contributed by atoms with van der Waals surface area (Å²) in [5.74, 6) is -0.0135. The van der Waals surface area contributed by atoms with Crippen LogP contribution in [0.25, 0.3) is 0 Å². The van der Waals surface area contributed by atoms with Crippen LogP contribution in [0.1, 0.15) is 12.8 Å². The molecular weight excluding hydrogens is 256 g/mol. The number of amides is 1. The number of likely N-dealkylation sites (tertiary alicyclic amines) is 1. The minimum Gasteiger partial charge on any atom is -0.374 e. The Morgan fingerprint density at radius 3 is 2.80 bits per heavy atom. The smallest absolute Gasteiger partial charge is 0.250 e. The number of carbonyl (C=O) groups is 1. The lowest BCUT2D eigenvalue weighted by Crippen LogP contribution is -2.43. The average molecular weight is 276 g/mol. The standard InChI is InChI=1S/C15H20N2O3/c1-2-11-20-13-6-9-16(10-7-13)15(19)12-17-8-4-3-5-14(17)18/h2-5,8,13H,1,6-7,9-12H2. The molecule has 20 heavy (non-hydrogen) atoms. The third-order valence-electron chi connectivity index (χ3n) is 3.45. The quantitative estimate of drug-likeness (QED) is 0.755. The first-order valence-corrected chi connectivity index (χ1v) is 6.86. The van der Waals surface area contributed by atoms with E-state index in [-0.39, 0.29) is 24.1 Å². The van der Waals surface area contributed by atoms with E-state index in [9.17, 15) is 9.59 Å². The van der Waals surface area contributed by atoms with Crippen LogP contribution >= 0.6 is 0 Å². The molecule has 1 aromatic heterocycles. The van der Waals surface area contributed by atoms with Crippen molar-refractivity contribution in [1.82, 2.24) is 9.47 Å². The SMILES string of the molecule is C=CCOC1CCN(C(=O)Cn2ccccc2=O)CC1. The molecule has 1 aliphatic heterocycles. The van der Waals surface area contributed by atoms with Gasteiger partial charge in [0.25, 0.3) is 5.56 Å². The highest BCUT2D eigenvalue weighted by Crippen LogP contribution is 2.14. The number of nitrogens with zero attached hydrogens (tertiary/aromatic N) is 2. The fourth-order valence-electron chi connectivity index (χ4n) is 2.31. The predicted molar refractivity (Wildman–Crippen MR) is 76.5 cm³/mol. The molecule has 0 N–H and O–H groups in total. The molecule has 2 heterocycles. The third-order valence-corrected chi connectivity index (χ3v) is 3.45. The molecule has 1 aliphatic rings. The number of pyridine rings is 1. The Balaban J connectivity index is 1.84. The Hall–Kier alpha value is -1.88. The second-order valence-electron chi connectivity index (χ2n) is 4.87. The highest BCUT2D eigenvalue weighted by molar-refractivity contribution is 5.76. The summed E-state index contributed by atoms with van der Waals surface area (Å²) in [6.45, 7) is 5.65. The molecule has 1 aromatic rings. The van der Waals surface area contributed by atoms with Crippen molar-refractivity contribution in [2.75, 3.05) is 19.7 Å². The summed E-state index contributed by atoms with van der Waals surface area (Å²) in [7, 11) is 0. The lowest BCUT2D eigenvalue weighted by molar-refractivity contribution is -0.134. The fourth-order valence-corrected chi connectivity index (χ4v) is 2.31. The average Bonchev–Trinajstić information content (AvgIpc) is 2.48. The molecule has 0 radical (unpaired) electrons. The fraction of sp³-hybridized carbons (Fsp3) is 0.467. The van der Waals surface area contributed by atoms with E-state index in [4.69, 9.17) is 4.74 Å². The van der Waals surface area contributed by atoms with Gasteiger partial charge >= 0.3 is 0 Å². The Bertz CT molecular complexity index is 516. The Kier molecular flexibility index (Phi) is 5.12. The minimum absolute atomic E-state index is 0.0135. The van der Waals surface area contributed by atoms with Crippen molar-refractivity contribution in [2.24, 2.45) is 0 Å². The third kappa shape index (κ3) is 3.81. The van der Waals surface area contributed by atoms with Crippen LogP contribution in [0.15, 0.2) is 41.8 Å². The van der Waals surface area contributed by atoms with E-state index in [1.165, 1.54) is 10.6 Å². The van der Waals surface area contributed by atoms with Gasteiger partial charge in [-0.25, -0.2) is 0 Å². The molecule has 1 fully saturated rings. The lowest BCUT2D eigenvalue weighted by atomic mass is 10.1. The van der Waals surface area contributed by atoms with E-state index in [2.05, 4.69) is 6.58 Å². The molecule has 0 bridgehead atoms. The molecule has 5 nitrogen and oxygen atoms in total. The van der Waals surface area contributed by atoms with E-state index in [1.54, 1.807) is 29.3 Å². The molecule has 1 amide bonds. The largest absolute Gasteiger partial charge is 0.374 e. The van der Waals surface area contributed by atoms with E-state index in [0.717, 1.165) is 12.8 Å². The first kappa shape index (κ1) is 14.5. The Morgan fingerprint density at radius 2 is 2.15 bits per heavy atom. The number of rotatable bonds is 5.